The highest BCUT2D eigenvalue weighted by Gasteiger charge is 2.26. The number of likely N-dealkylation sites (N-methyl/N-ethyl adjacent to an activating group) is 1. The van der Waals surface area contributed by atoms with Crippen LogP contribution in [0.2, 0.25) is 0 Å². The molecule has 0 bridgehead atoms. The lowest BCUT2D eigenvalue weighted by Gasteiger charge is -2.07. The molecule has 0 unspecified atom stereocenters. The molecule has 9 nitrogen and oxygen atoms in total. The van der Waals surface area contributed by atoms with E-state index in [9.17, 15) is 14.7 Å². The van der Waals surface area contributed by atoms with Crippen LogP contribution in [-0.4, -0.2) is 48.8 Å². The highest BCUT2D eigenvalue weighted by atomic mass is 16.4. The number of aromatic carboxylic acids is 1. The lowest BCUT2D eigenvalue weighted by molar-refractivity contribution is -0.121. The summed E-state index contributed by atoms with van der Waals surface area (Å²) in [5, 5.41) is 23.5. The van der Waals surface area contributed by atoms with Gasteiger partial charge < -0.3 is 10.4 Å². The first-order valence-corrected chi connectivity index (χ1v) is 6.24. The number of carboxylic acid groups (broad SMARTS) is 1. The minimum absolute atomic E-state index is 0.111. The second-order valence-corrected chi connectivity index (χ2v) is 4.59. The van der Waals surface area contributed by atoms with Crippen LogP contribution in [0.4, 0.5) is 0 Å². The molecule has 0 radical (unpaired) electrons. The predicted octanol–water partition coefficient (Wildman–Crippen LogP) is -0.260. The van der Waals surface area contributed by atoms with Gasteiger partial charge in [-0.15, -0.1) is 5.10 Å². The Hall–Kier alpha value is -2.71. The number of rotatable bonds is 4. The number of carbonyl (C=O) groups is 2. The molecule has 0 aliphatic carbocycles. The molecule has 9 heteroatoms. The van der Waals surface area contributed by atoms with Gasteiger partial charge in [0.25, 0.3) is 0 Å². The van der Waals surface area contributed by atoms with Crippen molar-refractivity contribution in [1.29, 1.82) is 0 Å². The van der Waals surface area contributed by atoms with E-state index in [1.165, 1.54) is 11.7 Å². The number of hydrogen-bond acceptors (Lipinski definition) is 5. The SMILES string of the molecule is CNC(=O)Cn1nnc(C(=O)O)c1-c1c(C)nn(C)c1C. The van der Waals surface area contributed by atoms with Crippen molar-refractivity contribution in [3.63, 3.8) is 0 Å². The van der Waals surface area contributed by atoms with Gasteiger partial charge in [0.05, 0.1) is 5.69 Å². The second-order valence-electron chi connectivity index (χ2n) is 4.59. The van der Waals surface area contributed by atoms with E-state index in [1.807, 2.05) is 6.92 Å². The lowest BCUT2D eigenvalue weighted by atomic mass is 10.1. The zero-order valence-corrected chi connectivity index (χ0v) is 12.2. The summed E-state index contributed by atoms with van der Waals surface area (Å²) >= 11 is 0. The number of carboxylic acids is 1. The normalized spacial score (nSPS) is 10.7. The van der Waals surface area contributed by atoms with Crippen molar-refractivity contribution in [2.45, 2.75) is 20.4 Å². The summed E-state index contributed by atoms with van der Waals surface area (Å²) in [7, 11) is 3.26. The van der Waals surface area contributed by atoms with Crippen LogP contribution in [0.5, 0.6) is 0 Å². The van der Waals surface area contributed by atoms with Crippen LogP contribution in [0.25, 0.3) is 11.3 Å². The molecule has 0 aromatic carbocycles. The topological polar surface area (TPSA) is 115 Å². The first-order valence-electron chi connectivity index (χ1n) is 6.24. The quantitative estimate of drug-likeness (QED) is 0.802. The molecular formula is C12H16N6O3. The third-order valence-electron chi connectivity index (χ3n) is 3.26. The minimum atomic E-state index is -1.20. The fourth-order valence-corrected chi connectivity index (χ4v) is 2.15. The van der Waals surface area contributed by atoms with Gasteiger partial charge >= 0.3 is 5.97 Å². The van der Waals surface area contributed by atoms with Crippen molar-refractivity contribution in [2.24, 2.45) is 7.05 Å². The summed E-state index contributed by atoms with van der Waals surface area (Å²) < 4.78 is 2.92. The van der Waals surface area contributed by atoms with Crippen LogP contribution in [0.15, 0.2) is 0 Å². The van der Waals surface area contributed by atoms with Crippen molar-refractivity contribution in [1.82, 2.24) is 30.1 Å². The number of carbonyl (C=O) groups excluding carboxylic acids is 1. The number of hydrogen-bond donors (Lipinski definition) is 2. The molecule has 0 spiro atoms. The van der Waals surface area contributed by atoms with Gasteiger partial charge in [0.15, 0.2) is 5.69 Å². The summed E-state index contributed by atoms with van der Waals surface area (Å²) in [4.78, 5) is 22.9. The fourth-order valence-electron chi connectivity index (χ4n) is 2.15. The van der Waals surface area contributed by atoms with E-state index >= 15 is 0 Å². The number of nitrogens with one attached hydrogen (secondary N) is 1. The third-order valence-corrected chi connectivity index (χ3v) is 3.26. The van der Waals surface area contributed by atoms with Crippen LogP contribution < -0.4 is 5.32 Å². The van der Waals surface area contributed by atoms with Gasteiger partial charge in [0, 0.05) is 25.4 Å². The summed E-state index contributed by atoms with van der Waals surface area (Å²) in [5.74, 6) is -1.49. The Morgan fingerprint density at radius 2 is 2.00 bits per heavy atom. The number of aromatic nitrogens is 5. The molecule has 21 heavy (non-hydrogen) atoms. The third kappa shape index (κ3) is 2.49. The largest absolute Gasteiger partial charge is 0.476 e. The monoisotopic (exact) mass is 292 g/mol. The predicted molar refractivity (Wildman–Crippen MR) is 72.7 cm³/mol. The van der Waals surface area contributed by atoms with Gasteiger partial charge in [-0.3, -0.25) is 9.48 Å². The van der Waals surface area contributed by atoms with E-state index in [-0.39, 0.29) is 23.8 Å². The highest BCUT2D eigenvalue weighted by molar-refractivity contribution is 5.93. The van der Waals surface area contributed by atoms with Crippen LogP contribution in [0.3, 0.4) is 0 Å². The Balaban J connectivity index is 2.67. The highest BCUT2D eigenvalue weighted by Crippen LogP contribution is 2.28. The fraction of sp³-hybridized carbons (Fsp3) is 0.417. The number of aryl methyl sites for hydroxylation is 2. The Labute approximate surface area is 120 Å². The van der Waals surface area contributed by atoms with E-state index in [4.69, 9.17) is 0 Å². The summed E-state index contributed by atoms with van der Waals surface area (Å²) in [6.07, 6.45) is 0. The molecule has 2 rings (SSSR count). The van der Waals surface area contributed by atoms with Crippen molar-refractivity contribution in [3.05, 3.63) is 17.1 Å². The van der Waals surface area contributed by atoms with E-state index in [2.05, 4.69) is 20.7 Å². The number of amides is 1. The second kappa shape index (κ2) is 5.35. The zero-order valence-electron chi connectivity index (χ0n) is 12.2. The smallest absolute Gasteiger partial charge is 0.358 e. The molecule has 2 aromatic rings. The van der Waals surface area contributed by atoms with Crippen LogP contribution in [0.1, 0.15) is 21.9 Å². The summed E-state index contributed by atoms with van der Waals surface area (Å²) in [6.45, 7) is 3.48. The van der Waals surface area contributed by atoms with Gasteiger partial charge in [-0.25, -0.2) is 9.48 Å². The van der Waals surface area contributed by atoms with E-state index in [1.54, 1.807) is 18.7 Å². The molecule has 0 aliphatic heterocycles. The maximum absolute atomic E-state index is 11.6. The van der Waals surface area contributed by atoms with Crippen LogP contribution in [0, 0.1) is 13.8 Å². The molecule has 2 N–H and O–H groups in total. The average Bonchev–Trinajstić information content (AvgIpc) is 2.92. The first kappa shape index (κ1) is 14.7. The summed E-state index contributed by atoms with van der Waals surface area (Å²) in [6, 6.07) is 0. The summed E-state index contributed by atoms with van der Waals surface area (Å²) in [5.41, 5.74) is 2.14. The van der Waals surface area contributed by atoms with Gasteiger partial charge in [0.1, 0.15) is 12.2 Å². The van der Waals surface area contributed by atoms with Gasteiger partial charge in [-0.1, -0.05) is 5.21 Å². The number of nitrogens with zero attached hydrogens (tertiary/aromatic N) is 5. The molecule has 112 valence electrons. The standard InChI is InChI=1S/C12H16N6O3/c1-6-9(7(2)17(4)15-6)11-10(12(20)21)14-16-18(11)5-8(19)13-3/h5H2,1-4H3,(H,13,19)(H,20,21). The molecule has 0 saturated heterocycles. The Bertz CT molecular complexity index is 715. The molecule has 1 amide bonds. The molecule has 2 aromatic heterocycles. The van der Waals surface area contributed by atoms with Crippen LogP contribution >= 0.6 is 0 Å². The Kier molecular flexibility index (Phi) is 3.74. The maximum atomic E-state index is 11.6. The van der Waals surface area contributed by atoms with Gasteiger partial charge in [-0.05, 0) is 13.8 Å². The molecule has 0 saturated carbocycles. The van der Waals surface area contributed by atoms with Crippen molar-refractivity contribution < 1.29 is 14.7 Å². The van der Waals surface area contributed by atoms with E-state index in [0.29, 0.717) is 11.3 Å². The molecule has 2 heterocycles. The molecule has 0 atom stereocenters. The average molecular weight is 292 g/mol. The Morgan fingerprint density at radius 3 is 2.48 bits per heavy atom. The van der Waals surface area contributed by atoms with Crippen LogP contribution in [-0.2, 0) is 18.4 Å². The van der Waals surface area contributed by atoms with Gasteiger partial charge in [-0.2, -0.15) is 5.10 Å². The van der Waals surface area contributed by atoms with Gasteiger partial charge in [0.2, 0.25) is 5.91 Å². The van der Waals surface area contributed by atoms with Crippen molar-refractivity contribution in [3.8, 4) is 11.3 Å². The maximum Gasteiger partial charge on any atom is 0.358 e. The Morgan fingerprint density at radius 1 is 1.33 bits per heavy atom. The van der Waals surface area contributed by atoms with E-state index < -0.39 is 5.97 Å². The molecule has 0 fully saturated rings. The zero-order chi connectivity index (χ0) is 15.7. The lowest BCUT2D eigenvalue weighted by Crippen LogP contribution is -2.24. The molecular weight excluding hydrogens is 276 g/mol. The molecule has 0 aliphatic rings. The minimum Gasteiger partial charge on any atom is -0.476 e. The first-order chi connectivity index (χ1) is 9.86. The van der Waals surface area contributed by atoms with Crippen molar-refractivity contribution in [2.75, 3.05) is 7.05 Å². The van der Waals surface area contributed by atoms with E-state index in [0.717, 1.165) is 5.69 Å². The van der Waals surface area contributed by atoms with Crippen molar-refractivity contribution >= 4 is 11.9 Å².